The number of benzene rings is 2. The normalized spacial score (nSPS) is 12.4. The van der Waals surface area contributed by atoms with E-state index in [0.29, 0.717) is 17.4 Å². The summed E-state index contributed by atoms with van der Waals surface area (Å²) < 4.78 is 70.2. The maximum Gasteiger partial charge on any atom is 0.417 e. The molecule has 0 aliphatic heterocycles. The summed E-state index contributed by atoms with van der Waals surface area (Å²) >= 11 is 5.53. The van der Waals surface area contributed by atoms with Gasteiger partial charge >= 0.3 is 6.18 Å². The molecule has 9 heteroatoms. The Morgan fingerprint density at radius 2 is 1.80 bits per heavy atom. The van der Waals surface area contributed by atoms with Crippen molar-refractivity contribution in [2.45, 2.75) is 17.6 Å². The number of nitrogens with zero attached hydrogens (tertiary/aromatic N) is 1. The Hall–Kier alpha value is -1.77. The first-order valence-electron chi connectivity index (χ1n) is 7.02. The van der Waals surface area contributed by atoms with E-state index >= 15 is 0 Å². The van der Waals surface area contributed by atoms with Crippen LogP contribution in [0.4, 0.5) is 13.2 Å². The second kappa shape index (κ2) is 7.23. The molecule has 0 aliphatic carbocycles. The number of para-hydroxylation sites is 1. The molecule has 0 atom stereocenters. The second-order valence-corrected chi connectivity index (χ2v) is 7.66. The molecule has 25 heavy (non-hydrogen) atoms. The predicted molar refractivity (Wildman–Crippen MR) is 88.1 cm³/mol. The average Bonchev–Trinajstić information content (AvgIpc) is 2.54. The van der Waals surface area contributed by atoms with Gasteiger partial charge in [0.1, 0.15) is 5.75 Å². The summed E-state index contributed by atoms with van der Waals surface area (Å²) in [5.74, 6) is 0.483. The van der Waals surface area contributed by atoms with E-state index in [1.54, 1.807) is 24.3 Å². The van der Waals surface area contributed by atoms with Crippen molar-refractivity contribution in [3.05, 3.63) is 58.6 Å². The van der Waals surface area contributed by atoms with Gasteiger partial charge in [-0.05, 0) is 24.3 Å². The van der Waals surface area contributed by atoms with Crippen LogP contribution in [0.25, 0.3) is 0 Å². The Balaban J connectivity index is 2.38. The molecule has 2 rings (SSSR count). The van der Waals surface area contributed by atoms with Crippen molar-refractivity contribution < 1.29 is 26.3 Å². The third-order valence-electron chi connectivity index (χ3n) is 3.54. The molecule has 0 unspecified atom stereocenters. The van der Waals surface area contributed by atoms with Gasteiger partial charge in [0.05, 0.1) is 22.6 Å². The van der Waals surface area contributed by atoms with E-state index in [1.807, 2.05) is 0 Å². The minimum atomic E-state index is -4.75. The Bertz CT molecular complexity index is 869. The molecule has 0 fully saturated rings. The molecule has 2 aromatic carbocycles. The van der Waals surface area contributed by atoms with Crippen molar-refractivity contribution in [3.8, 4) is 5.75 Å². The summed E-state index contributed by atoms with van der Waals surface area (Å²) in [6, 6.07) is 9.29. The lowest BCUT2D eigenvalue weighted by Gasteiger charge is -2.19. The van der Waals surface area contributed by atoms with Gasteiger partial charge in [-0.15, -0.1) is 0 Å². The number of hydrogen-bond donors (Lipinski definition) is 0. The monoisotopic (exact) mass is 393 g/mol. The maximum absolute atomic E-state index is 13.0. The number of rotatable bonds is 5. The van der Waals surface area contributed by atoms with Gasteiger partial charge in [-0.1, -0.05) is 29.8 Å². The number of hydrogen-bond acceptors (Lipinski definition) is 3. The fourth-order valence-corrected chi connectivity index (χ4v) is 3.62. The van der Waals surface area contributed by atoms with Crippen LogP contribution in [0.5, 0.6) is 5.75 Å². The highest BCUT2D eigenvalue weighted by Crippen LogP contribution is 2.36. The zero-order chi connectivity index (χ0) is 18.8. The van der Waals surface area contributed by atoms with E-state index in [1.165, 1.54) is 14.2 Å². The maximum atomic E-state index is 13.0. The molecule has 136 valence electrons. The second-order valence-electron chi connectivity index (χ2n) is 5.21. The summed E-state index contributed by atoms with van der Waals surface area (Å²) in [6.07, 6.45) is -4.75. The van der Waals surface area contributed by atoms with Crippen LogP contribution in [0.15, 0.2) is 47.4 Å². The van der Waals surface area contributed by atoms with Crippen molar-refractivity contribution in [2.75, 3.05) is 14.2 Å². The minimum Gasteiger partial charge on any atom is -0.496 e. The minimum absolute atomic E-state index is 0.0592. The molecule has 0 heterocycles. The van der Waals surface area contributed by atoms with E-state index in [-0.39, 0.29) is 6.54 Å². The third kappa shape index (κ3) is 4.26. The van der Waals surface area contributed by atoms with Crippen LogP contribution in [-0.2, 0) is 22.7 Å². The molecule has 0 spiro atoms. The molecule has 0 saturated carbocycles. The van der Waals surface area contributed by atoms with Gasteiger partial charge in [0.25, 0.3) is 0 Å². The largest absolute Gasteiger partial charge is 0.496 e. The molecule has 2 aromatic rings. The third-order valence-corrected chi connectivity index (χ3v) is 5.67. The molecule has 0 bridgehead atoms. The van der Waals surface area contributed by atoms with Crippen LogP contribution >= 0.6 is 11.6 Å². The lowest BCUT2D eigenvalue weighted by atomic mass is 10.2. The average molecular weight is 394 g/mol. The van der Waals surface area contributed by atoms with Crippen LogP contribution in [-0.4, -0.2) is 26.9 Å². The van der Waals surface area contributed by atoms with Gasteiger partial charge in [0.2, 0.25) is 10.0 Å². The first-order chi connectivity index (χ1) is 11.6. The SMILES string of the molecule is COc1ccccc1CN(C)S(=O)(=O)c1ccc(Cl)c(C(F)(F)F)c1. The van der Waals surface area contributed by atoms with E-state index in [9.17, 15) is 21.6 Å². The van der Waals surface area contributed by atoms with E-state index in [0.717, 1.165) is 16.4 Å². The highest BCUT2D eigenvalue weighted by Gasteiger charge is 2.35. The van der Waals surface area contributed by atoms with Crippen molar-refractivity contribution in [1.29, 1.82) is 0 Å². The molecule has 0 aliphatic rings. The van der Waals surface area contributed by atoms with Crippen LogP contribution in [0.1, 0.15) is 11.1 Å². The van der Waals surface area contributed by atoms with Gasteiger partial charge in [-0.3, -0.25) is 0 Å². The van der Waals surface area contributed by atoms with Gasteiger partial charge in [0, 0.05) is 19.2 Å². The molecule has 0 N–H and O–H groups in total. The Morgan fingerprint density at radius 1 is 1.16 bits per heavy atom. The van der Waals surface area contributed by atoms with Gasteiger partial charge in [-0.25, -0.2) is 8.42 Å². The van der Waals surface area contributed by atoms with Crippen LogP contribution < -0.4 is 4.74 Å². The predicted octanol–water partition coefficient (Wildman–Crippen LogP) is 4.19. The number of halogens is 4. The van der Waals surface area contributed by atoms with Crippen molar-refractivity contribution in [3.63, 3.8) is 0 Å². The highest BCUT2D eigenvalue weighted by atomic mass is 35.5. The van der Waals surface area contributed by atoms with E-state index in [2.05, 4.69) is 0 Å². The molecule has 0 amide bonds. The molecule has 0 radical (unpaired) electrons. The quantitative estimate of drug-likeness (QED) is 0.765. The topological polar surface area (TPSA) is 46.6 Å². The van der Waals surface area contributed by atoms with Crippen molar-refractivity contribution in [2.24, 2.45) is 0 Å². The Labute approximate surface area is 148 Å². The van der Waals surface area contributed by atoms with Crippen LogP contribution in [0.2, 0.25) is 5.02 Å². The molecule has 0 saturated heterocycles. The van der Waals surface area contributed by atoms with E-state index in [4.69, 9.17) is 16.3 Å². The van der Waals surface area contributed by atoms with Crippen LogP contribution in [0.3, 0.4) is 0 Å². The first-order valence-corrected chi connectivity index (χ1v) is 8.84. The number of ether oxygens (including phenoxy) is 1. The molecule has 4 nitrogen and oxygen atoms in total. The Kier molecular flexibility index (Phi) is 5.65. The summed E-state index contributed by atoms with van der Waals surface area (Å²) in [4.78, 5) is -0.485. The zero-order valence-corrected chi connectivity index (χ0v) is 14.9. The fourth-order valence-electron chi connectivity index (χ4n) is 2.22. The fraction of sp³-hybridized carbons (Fsp3) is 0.250. The number of methoxy groups -OCH3 is 1. The lowest BCUT2D eigenvalue weighted by Crippen LogP contribution is -2.27. The van der Waals surface area contributed by atoms with Gasteiger partial charge in [0.15, 0.2) is 0 Å². The Morgan fingerprint density at radius 3 is 2.40 bits per heavy atom. The van der Waals surface area contributed by atoms with Crippen molar-refractivity contribution in [1.82, 2.24) is 4.31 Å². The molecule has 0 aromatic heterocycles. The van der Waals surface area contributed by atoms with Crippen molar-refractivity contribution >= 4 is 21.6 Å². The summed E-state index contributed by atoms with van der Waals surface area (Å²) in [5.41, 5.74) is -0.609. The number of sulfonamides is 1. The van der Waals surface area contributed by atoms with E-state index < -0.39 is 31.7 Å². The molecular formula is C16H15ClF3NO3S. The summed E-state index contributed by atoms with van der Waals surface area (Å²) in [6.45, 7) is -0.0592. The zero-order valence-electron chi connectivity index (χ0n) is 13.3. The smallest absolute Gasteiger partial charge is 0.417 e. The summed E-state index contributed by atoms with van der Waals surface area (Å²) in [7, 11) is -1.41. The summed E-state index contributed by atoms with van der Waals surface area (Å²) in [5, 5.41) is -0.557. The number of alkyl halides is 3. The standard InChI is InChI=1S/C16H15ClF3NO3S/c1-21(10-11-5-3-4-6-15(11)24-2)25(22,23)12-7-8-14(17)13(9-12)16(18,19)20/h3-9H,10H2,1-2H3. The first kappa shape index (κ1) is 19.6. The molecular weight excluding hydrogens is 379 g/mol. The lowest BCUT2D eigenvalue weighted by molar-refractivity contribution is -0.137. The van der Waals surface area contributed by atoms with Gasteiger partial charge < -0.3 is 4.74 Å². The van der Waals surface area contributed by atoms with Gasteiger partial charge in [-0.2, -0.15) is 17.5 Å². The highest BCUT2D eigenvalue weighted by molar-refractivity contribution is 7.89. The van der Waals surface area contributed by atoms with Crippen LogP contribution in [0, 0.1) is 0 Å².